The Balaban J connectivity index is 2.09. The highest BCUT2D eigenvalue weighted by atomic mass is 32.2. The van der Waals surface area contributed by atoms with Crippen molar-refractivity contribution in [2.75, 3.05) is 33.0 Å². The Morgan fingerprint density at radius 1 is 1.29 bits per heavy atom. The van der Waals surface area contributed by atoms with E-state index in [0.29, 0.717) is 12.6 Å². The third kappa shape index (κ3) is 8.18. The second kappa shape index (κ2) is 10.9. The molecule has 1 saturated heterocycles. The van der Waals surface area contributed by atoms with Gasteiger partial charge in [-0.05, 0) is 50.4 Å². The zero-order chi connectivity index (χ0) is 23.2. The highest BCUT2D eigenvalue weighted by Gasteiger charge is 2.42. The van der Waals surface area contributed by atoms with Gasteiger partial charge >= 0.3 is 5.97 Å². The molecular weight excluding hydrogens is 414 g/mol. The summed E-state index contributed by atoms with van der Waals surface area (Å²) in [6.07, 6.45) is 1.33. The molecule has 1 heterocycles. The van der Waals surface area contributed by atoms with Crippen LogP contribution in [-0.2, 0) is 32.6 Å². The number of carbonyl (C=O) groups is 1. The maximum absolute atomic E-state index is 12.5. The van der Waals surface area contributed by atoms with Gasteiger partial charge in [0.15, 0.2) is 0 Å². The van der Waals surface area contributed by atoms with Crippen LogP contribution in [0, 0.1) is 5.41 Å². The van der Waals surface area contributed by atoms with Crippen LogP contribution in [0.5, 0.6) is 0 Å². The molecule has 176 valence electrons. The number of ether oxygens (including phenoxy) is 1. The van der Waals surface area contributed by atoms with E-state index >= 15 is 0 Å². The first kappa shape index (κ1) is 25.8. The van der Waals surface area contributed by atoms with Crippen molar-refractivity contribution >= 4 is 16.0 Å². The summed E-state index contributed by atoms with van der Waals surface area (Å²) in [6.45, 7) is 10.5. The van der Waals surface area contributed by atoms with Gasteiger partial charge in [-0.3, -0.25) is 4.79 Å². The second-order valence-corrected chi connectivity index (χ2v) is 11.9. The van der Waals surface area contributed by atoms with Gasteiger partial charge in [0.25, 0.3) is 0 Å². The van der Waals surface area contributed by atoms with Crippen LogP contribution >= 0.6 is 0 Å². The van der Waals surface area contributed by atoms with Gasteiger partial charge in [-0.25, -0.2) is 8.42 Å². The molecule has 2 rings (SSSR count). The summed E-state index contributed by atoms with van der Waals surface area (Å²) < 4.78 is 31.4. The van der Waals surface area contributed by atoms with Crippen molar-refractivity contribution in [3.8, 4) is 0 Å². The van der Waals surface area contributed by atoms with Gasteiger partial charge in [0.2, 0.25) is 10.0 Å². The minimum atomic E-state index is -3.46. The van der Waals surface area contributed by atoms with Crippen LogP contribution in [0.25, 0.3) is 0 Å². The van der Waals surface area contributed by atoms with E-state index in [2.05, 4.69) is 45.1 Å². The first-order chi connectivity index (χ1) is 14.4. The molecule has 1 aromatic carbocycles. The van der Waals surface area contributed by atoms with Crippen molar-refractivity contribution in [3.63, 3.8) is 0 Å². The van der Waals surface area contributed by atoms with Crippen LogP contribution in [0.1, 0.15) is 51.7 Å². The molecule has 8 heteroatoms. The predicted molar refractivity (Wildman–Crippen MR) is 124 cm³/mol. The molecule has 1 aliphatic rings. The molecule has 0 bridgehead atoms. The van der Waals surface area contributed by atoms with Crippen molar-refractivity contribution in [3.05, 3.63) is 35.4 Å². The van der Waals surface area contributed by atoms with E-state index in [9.17, 15) is 13.2 Å². The Morgan fingerprint density at radius 2 is 1.97 bits per heavy atom. The van der Waals surface area contributed by atoms with Gasteiger partial charge in [0, 0.05) is 25.7 Å². The molecule has 2 atom stereocenters. The van der Waals surface area contributed by atoms with Crippen molar-refractivity contribution in [1.29, 1.82) is 0 Å². The number of nitrogens with zero attached hydrogens (tertiary/aromatic N) is 2. The number of benzene rings is 1. The summed E-state index contributed by atoms with van der Waals surface area (Å²) in [4.78, 5) is 14.4. The van der Waals surface area contributed by atoms with Gasteiger partial charge < -0.3 is 15.0 Å². The number of likely N-dealkylation sites (N-methyl/N-ethyl adjacent to an activating group) is 1. The summed E-state index contributed by atoms with van der Waals surface area (Å²) >= 11 is 0. The molecule has 0 saturated carbocycles. The molecule has 1 N–H and O–H groups in total. The molecule has 1 aromatic rings. The Kier molecular flexibility index (Phi) is 9.06. The largest absolute Gasteiger partial charge is 0.465 e. The summed E-state index contributed by atoms with van der Waals surface area (Å²) in [6, 6.07) is 7.54. The molecule has 0 radical (unpaired) electrons. The summed E-state index contributed by atoms with van der Waals surface area (Å²) in [5.41, 5.74) is 2.19. The lowest BCUT2D eigenvalue weighted by molar-refractivity contribution is -0.147. The molecule has 0 spiro atoms. The Morgan fingerprint density at radius 3 is 2.58 bits per heavy atom. The molecule has 0 aromatic heterocycles. The van der Waals surface area contributed by atoms with Crippen molar-refractivity contribution in [2.24, 2.45) is 5.41 Å². The summed E-state index contributed by atoms with van der Waals surface area (Å²) in [5, 5.41) is 3.66. The number of nitrogens with one attached hydrogen (secondary N) is 1. The Labute approximate surface area is 188 Å². The standard InChI is InChI=1S/C23H39N3O4S/c1-7-30-22(27)21-11-12-31(28,29)26(21)16-19-10-8-9-18(13-19)15-24-20(17-25(5)6)14-23(2,3)4/h8-10,13,20-21,24H,7,11-12,14-17H2,1-6H3/t20-,21?/m0/s1. The molecule has 0 amide bonds. The fourth-order valence-electron chi connectivity index (χ4n) is 4.06. The lowest BCUT2D eigenvalue weighted by Crippen LogP contribution is -2.40. The molecular formula is C23H39N3O4S. The van der Waals surface area contributed by atoms with Crippen LogP contribution in [0.2, 0.25) is 0 Å². The summed E-state index contributed by atoms with van der Waals surface area (Å²) in [7, 11) is 0.697. The van der Waals surface area contributed by atoms with E-state index in [0.717, 1.165) is 24.1 Å². The van der Waals surface area contributed by atoms with Crippen LogP contribution in [0.4, 0.5) is 0 Å². The van der Waals surface area contributed by atoms with Gasteiger partial charge in [0.05, 0.1) is 12.4 Å². The van der Waals surface area contributed by atoms with Crippen molar-refractivity contribution < 1.29 is 17.9 Å². The monoisotopic (exact) mass is 453 g/mol. The fraction of sp³-hybridized carbons (Fsp3) is 0.696. The first-order valence-corrected chi connectivity index (χ1v) is 12.6. The molecule has 7 nitrogen and oxygen atoms in total. The van der Waals surface area contributed by atoms with Crippen LogP contribution in [0.15, 0.2) is 24.3 Å². The number of hydrogen-bond acceptors (Lipinski definition) is 6. The minimum absolute atomic E-state index is 0.0171. The maximum atomic E-state index is 12.5. The average molecular weight is 454 g/mol. The topological polar surface area (TPSA) is 79.0 Å². The Hall–Kier alpha value is -1.48. The first-order valence-electron chi connectivity index (χ1n) is 11.0. The number of carbonyl (C=O) groups excluding carboxylic acids is 1. The average Bonchev–Trinajstić information content (AvgIpc) is 2.93. The van der Waals surface area contributed by atoms with Gasteiger partial charge in [0.1, 0.15) is 6.04 Å². The van der Waals surface area contributed by atoms with Gasteiger partial charge in [-0.15, -0.1) is 0 Å². The highest BCUT2D eigenvalue weighted by molar-refractivity contribution is 7.89. The van der Waals surface area contributed by atoms with Crippen molar-refractivity contribution in [2.45, 2.75) is 65.7 Å². The van der Waals surface area contributed by atoms with E-state index in [1.54, 1.807) is 6.92 Å². The zero-order valence-electron chi connectivity index (χ0n) is 19.8. The van der Waals surface area contributed by atoms with E-state index < -0.39 is 22.0 Å². The molecule has 1 aliphatic heterocycles. The molecule has 1 unspecified atom stereocenters. The van der Waals surface area contributed by atoms with Crippen LogP contribution in [-0.4, -0.2) is 68.7 Å². The van der Waals surface area contributed by atoms with E-state index in [-0.39, 0.29) is 30.7 Å². The van der Waals surface area contributed by atoms with Crippen LogP contribution in [0.3, 0.4) is 0 Å². The van der Waals surface area contributed by atoms with E-state index in [1.165, 1.54) is 4.31 Å². The maximum Gasteiger partial charge on any atom is 0.324 e. The quantitative estimate of drug-likeness (QED) is 0.549. The minimum Gasteiger partial charge on any atom is -0.465 e. The molecule has 1 fully saturated rings. The van der Waals surface area contributed by atoms with Gasteiger partial charge in [-0.2, -0.15) is 4.31 Å². The van der Waals surface area contributed by atoms with Gasteiger partial charge in [-0.1, -0.05) is 45.0 Å². The lowest BCUT2D eigenvalue weighted by atomic mass is 9.88. The van der Waals surface area contributed by atoms with E-state index in [1.807, 2.05) is 24.3 Å². The smallest absolute Gasteiger partial charge is 0.324 e. The normalized spacial score (nSPS) is 20.2. The summed E-state index contributed by atoms with van der Waals surface area (Å²) in [5.74, 6) is -0.480. The number of rotatable bonds is 10. The third-order valence-corrected chi connectivity index (χ3v) is 7.13. The second-order valence-electron chi connectivity index (χ2n) is 9.84. The highest BCUT2D eigenvalue weighted by Crippen LogP contribution is 2.25. The SMILES string of the molecule is CCOC(=O)C1CCS(=O)(=O)N1Cc1cccc(CN[C@H](CN(C)C)CC(C)(C)C)c1. The number of hydrogen-bond donors (Lipinski definition) is 1. The van der Waals surface area contributed by atoms with Crippen molar-refractivity contribution in [1.82, 2.24) is 14.5 Å². The molecule has 0 aliphatic carbocycles. The Bertz CT molecular complexity index is 833. The fourth-order valence-corrected chi connectivity index (χ4v) is 5.74. The van der Waals surface area contributed by atoms with E-state index in [4.69, 9.17) is 4.74 Å². The third-order valence-electron chi connectivity index (χ3n) is 5.28. The lowest BCUT2D eigenvalue weighted by Gasteiger charge is -2.29. The number of esters is 1. The number of sulfonamides is 1. The predicted octanol–water partition coefficient (Wildman–Crippen LogP) is 2.61. The van der Waals surface area contributed by atoms with Crippen LogP contribution < -0.4 is 5.32 Å². The zero-order valence-corrected chi connectivity index (χ0v) is 20.7. The molecule has 31 heavy (non-hydrogen) atoms.